The molecule has 0 spiro atoms. The van der Waals surface area contributed by atoms with Crippen molar-refractivity contribution < 1.29 is 17.9 Å². The van der Waals surface area contributed by atoms with Crippen LogP contribution in [0.1, 0.15) is 18.4 Å². The van der Waals surface area contributed by atoms with Crippen molar-refractivity contribution in [1.82, 2.24) is 13.9 Å². The molecule has 1 aromatic rings. The van der Waals surface area contributed by atoms with Crippen molar-refractivity contribution in [3.8, 4) is 5.75 Å². The number of carbonyl (C=O) groups is 1. The quantitative estimate of drug-likeness (QED) is 0.820. The first-order valence-corrected chi connectivity index (χ1v) is 9.32. The zero-order valence-corrected chi connectivity index (χ0v) is 15.2. The second-order valence-corrected chi connectivity index (χ2v) is 8.17. The third-order valence-electron chi connectivity index (χ3n) is 4.24. The van der Waals surface area contributed by atoms with Crippen molar-refractivity contribution in [1.29, 1.82) is 0 Å². The van der Waals surface area contributed by atoms with Crippen molar-refractivity contribution in [2.24, 2.45) is 5.92 Å². The van der Waals surface area contributed by atoms with Crippen molar-refractivity contribution in [2.75, 3.05) is 34.3 Å². The van der Waals surface area contributed by atoms with Gasteiger partial charge in [0.1, 0.15) is 5.75 Å². The Bertz CT molecular complexity index is 650. The Morgan fingerprint density at radius 1 is 1.25 bits per heavy atom. The summed E-state index contributed by atoms with van der Waals surface area (Å²) >= 11 is 0. The summed E-state index contributed by atoms with van der Waals surface area (Å²) in [7, 11) is 1.26. The lowest BCUT2D eigenvalue weighted by molar-refractivity contribution is -0.126. The standard InChI is InChI=1S/C16H25N3O4S/c1-18(2)24(21,22)19-10-8-14(9-11-19)16(20)17-12-13-4-6-15(23-3)7-5-13/h4-7,14H,8-12H2,1-3H3,(H,17,20). The van der Waals surface area contributed by atoms with Crippen LogP contribution in [-0.4, -0.2) is 57.2 Å². The number of benzene rings is 1. The van der Waals surface area contributed by atoms with Gasteiger partial charge in [-0.2, -0.15) is 17.0 Å². The molecule has 8 heteroatoms. The van der Waals surface area contributed by atoms with Crippen molar-refractivity contribution in [3.05, 3.63) is 29.8 Å². The molecular formula is C16H25N3O4S. The zero-order chi connectivity index (χ0) is 17.7. The summed E-state index contributed by atoms with van der Waals surface area (Å²) in [6, 6.07) is 7.52. The fraction of sp³-hybridized carbons (Fsp3) is 0.562. The number of hydrogen-bond donors (Lipinski definition) is 1. The van der Waals surface area contributed by atoms with Crippen LogP contribution in [0.2, 0.25) is 0 Å². The molecule has 2 rings (SSSR count). The van der Waals surface area contributed by atoms with Gasteiger partial charge in [-0.25, -0.2) is 0 Å². The summed E-state index contributed by atoms with van der Waals surface area (Å²) in [6.45, 7) is 1.21. The van der Waals surface area contributed by atoms with E-state index in [2.05, 4.69) is 5.32 Å². The molecule has 134 valence electrons. The Balaban J connectivity index is 1.82. The minimum atomic E-state index is -3.39. The molecule has 1 heterocycles. The van der Waals surface area contributed by atoms with Gasteiger partial charge in [-0.3, -0.25) is 4.79 Å². The molecular weight excluding hydrogens is 330 g/mol. The summed E-state index contributed by atoms with van der Waals surface area (Å²) in [6.07, 6.45) is 1.09. The highest BCUT2D eigenvalue weighted by Gasteiger charge is 2.32. The molecule has 0 saturated carbocycles. The second-order valence-electron chi connectivity index (χ2n) is 6.03. The lowest BCUT2D eigenvalue weighted by Crippen LogP contribution is -2.46. The first-order valence-electron chi connectivity index (χ1n) is 7.93. The minimum absolute atomic E-state index is 0.0206. The number of carbonyl (C=O) groups excluding carboxylic acids is 1. The molecule has 0 aliphatic carbocycles. The highest BCUT2D eigenvalue weighted by molar-refractivity contribution is 7.86. The third kappa shape index (κ3) is 4.46. The summed E-state index contributed by atoms with van der Waals surface area (Å²) < 4.78 is 31.9. The molecule has 1 amide bonds. The molecule has 1 fully saturated rings. The summed E-state index contributed by atoms with van der Waals surface area (Å²) in [5.74, 6) is 0.615. The van der Waals surface area contributed by atoms with Crippen LogP contribution in [-0.2, 0) is 21.5 Å². The Morgan fingerprint density at radius 2 is 1.83 bits per heavy atom. The Labute approximate surface area is 143 Å². The number of nitrogens with zero attached hydrogens (tertiary/aromatic N) is 2. The fourth-order valence-electron chi connectivity index (χ4n) is 2.66. The second kappa shape index (κ2) is 7.96. The molecule has 0 radical (unpaired) electrons. The van der Waals surface area contributed by atoms with Crippen LogP contribution in [0.3, 0.4) is 0 Å². The van der Waals surface area contributed by atoms with E-state index in [9.17, 15) is 13.2 Å². The van der Waals surface area contributed by atoms with Gasteiger partial charge in [0.05, 0.1) is 7.11 Å². The molecule has 0 bridgehead atoms. The van der Waals surface area contributed by atoms with E-state index < -0.39 is 10.2 Å². The van der Waals surface area contributed by atoms with Crippen LogP contribution in [0, 0.1) is 5.92 Å². The maximum absolute atomic E-state index is 12.3. The highest BCUT2D eigenvalue weighted by Crippen LogP contribution is 2.21. The maximum Gasteiger partial charge on any atom is 0.281 e. The maximum atomic E-state index is 12.3. The average Bonchev–Trinajstić information content (AvgIpc) is 2.60. The van der Waals surface area contributed by atoms with E-state index >= 15 is 0 Å². The number of ether oxygens (including phenoxy) is 1. The molecule has 1 saturated heterocycles. The van der Waals surface area contributed by atoms with E-state index in [0.29, 0.717) is 32.5 Å². The molecule has 0 unspecified atom stereocenters. The Hall–Kier alpha value is -1.64. The molecule has 1 aromatic carbocycles. The zero-order valence-electron chi connectivity index (χ0n) is 14.4. The lowest BCUT2D eigenvalue weighted by Gasteiger charge is -2.32. The number of methoxy groups -OCH3 is 1. The van der Waals surface area contributed by atoms with Crippen molar-refractivity contribution in [2.45, 2.75) is 19.4 Å². The molecule has 7 nitrogen and oxygen atoms in total. The average molecular weight is 355 g/mol. The van der Waals surface area contributed by atoms with Crippen LogP contribution in [0.4, 0.5) is 0 Å². The monoisotopic (exact) mass is 355 g/mol. The number of hydrogen-bond acceptors (Lipinski definition) is 4. The topological polar surface area (TPSA) is 79.0 Å². The normalized spacial score (nSPS) is 17.0. The SMILES string of the molecule is COc1ccc(CNC(=O)C2CCN(S(=O)(=O)N(C)C)CC2)cc1. The lowest BCUT2D eigenvalue weighted by atomic mass is 9.97. The Morgan fingerprint density at radius 3 is 2.33 bits per heavy atom. The largest absolute Gasteiger partial charge is 0.497 e. The molecule has 1 aliphatic rings. The van der Waals surface area contributed by atoms with Gasteiger partial charge < -0.3 is 10.1 Å². The number of rotatable bonds is 6. The van der Waals surface area contributed by atoms with Gasteiger partial charge >= 0.3 is 0 Å². The van der Waals surface area contributed by atoms with Crippen LogP contribution in [0.5, 0.6) is 5.75 Å². The molecule has 0 atom stereocenters. The van der Waals surface area contributed by atoms with Gasteiger partial charge in [0.15, 0.2) is 0 Å². The predicted octanol–water partition coefficient (Wildman–Crippen LogP) is 0.830. The number of amides is 1. The molecule has 24 heavy (non-hydrogen) atoms. The van der Waals surface area contributed by atoms with Crippen molar-refractivity contribution in [3.63, 3.8) is 0 Å². The summed E-state index contributed by atoms with van der Waals surface area (Å²) in [4.78, 5) is 12.3. The van der Waals surface area contributed by atoms with Crippen LogP contribution >= 0.6 is 0 Å². The first kappa shape index (κ1) is 18.7. The predicted molar refractivity (Wildman–Crippen MR) is 91.7 cm³/mol. The fourth-order valence-corrected chi connectivity index (χ4v) is 3.79. The van der Waals surface area contributed by atoms with Gasteiger partial charge in [-0.1, -0.05) is 12.1 Å². The summed E-state index contributed by atoms with van der Waals surface area (Å²) in [5, 5.41) is 2.92. The smallest absolute Gasteiger partial charge is 0.281 e. The van der Waals surface area contributed by atoms with E-state index in [-0.39, 0.29) is 11.8 Å². The van der Waals surface area contributed by atoms with Gasteiger partial charge in [-0.05, 0) is 30.5 Å². The van der Waals surface area contributed by atoms with Gasteiger partial charge in [-0.15, -0.1) is 0 Å². The van der Waals surface area contributed by atoms with Gasteiger partial charge in [0.25, 0.3) is 10.2 Å². The van der Waals surface area contributed by atoms with Crippen LogP contribution < -0.4 is 10.1 Å². The van der Waals surface area contributed by atoms with E-state index in [1.807, 2.05) is 24.3 Å². The van der Waals surface area contributed by atoms with Gasteiger partial charge in [0.2, 0.25) is 5.91 Å². The van der Waals surface area contributed by atoms with Crippen molar-refractivity contribution >= 4 is 16.1 Å². The number of nitrogens with one attached hydrogen (secondary N) is 1. The molecule has 1 aliphatic heterocycles. The van der Waals surface area contributed by atoms with E-state index in [0.717, 1.165) is 11.3 Å². The van der Waals surface area contributed by atoms with Gasteiger partial charge in [0, 0.05) is 39.6 Å². The van der Waals surface area contributed by atoms with Crippen LogP contribution in [0.25, 0.3) is 0 Å². The molecule has 1 N–H and O–H groups in total. The Kier molecular flexibility index (Phi) is 6.20. The van der Waals surface area contributed by atoms with E-state index in [1.165, 1.54) is 22.7 Å². The van der Waals surface area contributed by atoms with Crippen LogP contribution in [0.15, 0.2) is 24.3 Å². The van der Waals surface area contributed by atoms with E-state index in [1.54, 1.807) is 7.11 Å². The summed E-state index contributed by atoms with van der Waals surface area (Å²) in [5.41, 5.74) is 0.997. The third-order valence-corrected chi connectivity index (χ3v) is 6.18. The minimum Gasteiger partial charge on any atom is -0.497 e. The molecule has 0 aromatic heterocycles. The van der Waals surface area contributed by atoms with E-state index in [4.69, 9.17) is 4.74 Å². The highest BCUT2D eigenvalue weighted by atomic mass is 32.2. The first-order chi connectivity index (χ1) is 11.3. The number of piperidine rings is 1.